The molecule has 4 N–H and O–H groups in total. The maximum Gasteiger partial charge on any atom is 0.418 e. The fourth-order valence-corrected chi connectivity index (χ4v) is 3.48. The number of hydrogen-bond acceptors (Lipinski definition) is 6. The Bertz CT molecular complexity index is 1180. The van der Waals surface area contributed by atoms with Crippen LogP contribution in [0.2, 0.25) is 0 Å². The van der Waals surface area contributed by atoms with Gasteiger partial charge < -0.3 is 16.0 Å². The monoisotopic (exact) mass is 498 g/mol. The first kappa shape index (κ1) is 27.6. The van der Waals surface area contributed by atoms with Crippen LogP contribution in [0.1, 0.15) is 32.3 Å². The Morgan fingerprint density at radius 3 is 2.40 bits per heavy atom. The summed E-state index contributed by atoms with van der Waals surface area (Å²) in [5.41, 5.74) is 3.01. The molecule has 1 aromatic carbocycles. The van der Waals surface area contributed by atoms with Gasteiger partial charge in [0, 0.05) is 13.1 Å². The number of H-pyrrole nitrogens is 1. The first-order valence-corrected chi connectivity index (χ1v) is 11.0. The van der Waals surface area contributed by atoms with Gasteiger partial charge in [-0.05, 0) is 32.5 Å². The van der Waals surface area contributed by atoms with E-state index in [2.05, 4.69) is 10.3 Å². The topological polar surface area (TPSA) is 134 Å². The minimum Gasteiger partial charge on any atom is -0.383 e. The highest BCUT2D eigenvalue weighted by atomic mass is 19.4. The van der Waals surface area contributed by atoms with Crippen molar-refractivity contribution < 1.29 is 22.8 Å². The van der Waals surface area contributed by atoms with Crippen molar-refractivity contribution in [3.63, 3.8) is 0 Å². The summed E-state index contributed by atoms with van der Waals surface area (Å²) in [7, 11) is 1.43. The smallest absolute Gasteiger partial charge is 0.383 e. The predicted octanol–water partition coefficient (Wildman–Crippen LogP) is 1.86. The molecule has 0 saturated carbocycles. The third-order valence-corrected chi connectivity index (χ3v) is 5.16. The molecule has 192 valence electrons. The van der Waals surface area contributed by atoms with E-state index in [0.29, 0.717) is 6.42 Å². The fourth-order valence-electron chi connectivity index (χ4n) is 3.48. The molecule has 0 radical (unpaired) electrons. The lowest BCUT2D eigenvalue weighted by atomic mass is 10.1. The van der Waals surface area contributed by atoms with E-state index >= 15 is 0 Å². The van der Waals surface area contributed by atoms with Crippen LogP contribution in [0.3, 0.4) is 0 Å². The van der Waals surface area contributed by atoms with Crippen LogP contribution in [0.5, 0.6) is 0 Å². The molecule has 0 aliphatic carbocycles. The number of nitrogens with zero attached hydrogens (tertiary/aromatic N) is 3. The van der Waals surface area contributed by atoms with Crippen LogP contribution >= 0.6 is 0 Å². The summed E-state index contributed by atoms with van der Waals surface area (Å²) in [5, 5.41) is 2.21. The van der Waals surface area contributed by atoms with Crippen molar-refractivity contribution in [2.24, 2.45) is 0 Å². The predicted molar refractivity (Wildman–Crippen MR) is 126 cm³/mol. The normalized spacial score (nSPS) is 11.5. The van der Waals surface area contributed by atoms with Gasteiger partial charge in [0.25, 0.3) is 5.56 Å². The molecular weight excluding hydrogens is 469 g/mol. The second-order valence-corrected chi connectivity index (χ2v) is 7.90. The molecule has 2 rings (SSSR count). The Balaban J connectivity index is 2.15. The highest BCUT2D eigenvalue weighted by molar-refractivity contribution is 5.97. The number of aromatic amines is 1. The molecule has 13 heteroatoms. The Hall–Kier alpha value is -3.61. The number of alkyl halides is 3. The molecule has 0 fully saturated rings. The number of anilines is 3. The first-order valence-electron chi connectivity index (χ1n) is 11.0. The number of rotatable bonds is 10. The molecule has 2 amide bonds. The van der Waals surface area contributed by atoms with Gasteiger partial charge in [0.2, 0.25) is 11.8 Å². The Kier molecular flexibility index (Phi) is 9.23. The lowest BCUT2D eigenvalue weighted by Crippen LogP contribution is -2.45. The second-order valence-electron chi connectivity index (χ2n) is 7.90. The fraction of sp³-hybridized carbons (Fsp3) is 0.455. The van der Waals surface area contributed by atoms with Crippen molar-refractivity contribution in [2.75, 3.05) is 42.6 Å². The van der Waals surface area contributed by atoms with E-state index in [9.17, 15) is 32.3 Å². The number of unbranched alkanes of at least 4 members (excludes halogenated alkanes) is 1. The molecule has 2 aromatic rings. The summed E-state index contributed by atoms with van der Waals surface area (Å²) in [6, 6.07) is 4.55. The molecule has 0 aliphatic rings. The van der Waals surface area contributed by atoms with E-state index in [-0.39, 0.29) is 31.1 Å². The Labute approximate surface area is 199 Å². The van der Waals surface area contributed by atoms with Gasteiger partial charge in [-0.3, -0.25) is 28.8 Å². The molecule has 0 bridgehead atoms. The van der Waals surface area contributed by atoms with E-state index in [0.717, 1.165) is 23.5 Å². The number of benzene rings is 1. The quantitative estimate of drug-likeness (QED) is 0.458. The van der Waals surface area contributed by atoms with Gasteiger partial charge in [-0.15, -0.1) is 0 Å². The van der Waals surface area contributed by atoms with E-state index in [4.69, 9.17) is 5.73 Å². The number of halogens is 3. The zero-order valence-electron chi connectivity index (χ0n) is 19.7. The molecule has 10 nitrogen and oxygen atoms in total. The zero-order valence-corrected chi connectivity index (χ0v) is 19.7. The van der Waals surface area contributed by atoms with Crippen molar-refractivity contribution in [1.82, 2.24) is 14.5 Å². The number of carbonyl (C=O) groups is 2. The van der Waals surface area contributed by atoms with E-state index < -0.39 is 47.0 Å². The standard InChI is InChI=1S/C22H29F3N6O4/c1-4-6-11-31-19(26)18(20(34)28-21(31)35)30(5-2)17(33)13-29(3)12-16(32)27-15-10-8-7-9-14(15)22(23,24)25/h7-10H,4-6,11-13,26H2,1-3H3,(H,27,32)(H,28,34,35). The highest BCUT2D eigenvalue weighted by Crippen LogP contribution is 2.34. The Morgan fingerprint density at radius 1 is 1.14 bits per heavy atom. The van der Waals surface area contributed by atoms with Gasteiger partial charge in [-0.25, -0.2) is 4.79 Å². The minimum absolute atomic E-state index is 0.0527. The molecule has 0 spiro atoms. The van der Waals surface area contributed by atoms with Crippen LogP contribution in [-0.4, -0.2) is 52.9 Å². The molecule has 0 atom stereocenters. The third-order valence-electron chi connectivity index (χ3n) is 5.16. The third kappa shape index (κ3) is 6.94. The van der Waals surface area contributed by atoms with Crippen LogP contribution in [-0.2, 0) is 22.3 Å². The van der Waals surface area contributed by atoms with E-state index in [1.54, 1.807) is 6.92 Å². The molecule has 35 heavy (non-hydrogen) atoms. The van der Waals surface area contributed by atoms with E-state index in [1.165, 1.54) is 28.6 Å². The molecule has 0 saturated heterocycles. The van der Waals surface area contributed by atoms with Crippen molar-refractivity contribution in [3.05, 3.63) is 50.7 Å². The van der Waals surface area contributed by atoms with Crippen LogP contribution < -0.4 is 27.2 Å². The zero-order chi connectivity index (χ0) is 26.3. The number of nitrogens with one attached hydrogen (secondary N) is 2. The van der Waals surface area contributed by atoms with Gasteiger partial charge in [0.1, 0.15) is 5.82 Å². The summed E-state index contributed by atoms with van der Waals surface area (Å²) < 4.78 is 40.6. The minimum atomic E-state index is -4.64. The number of aromatic nitrogens is 2. The summed E-state index contributed by atoms with van der Waals surface area (Å²) >= 11 is 0. The number of nitrogen functional groups attached to an aromatic ring is 1. The number of para-hydroxylation sites is 1. The molecule has 0 unspecified atom stereocenters. The maximum atomic E-state index is 13.1. The highest BCUT2D eigenvalue weighted by Gasteiger charge is 2.33. The SMILES string of the molecule is CCCCn1c(N)c(N(CC)C(=O)CN(C)CC(=O)Nc2ccccc2C(F)(F)F)c(=O)[nH]c1=O. The maximum absolute atomic E-state index is 13.1. The van der Waals surface area contributed by atoms with Gasteiger partial charge in [-0.2, -0.15) is 13.2 Å². The van der Waals surface area contributed by atoms with Crippen molar-refractivity contribution in [3.8, 4) is 0 Å². The van der Waals surface area contributed by atoms with Crippen molar-refractivity contribution >= 4 is 29.0 Å². The van der Waals surface area contributed by atoms with Gasteiger partial charge >= 0.3 is 11.9 Å². The number of amides is 2. The first-order chi connectivity index (χ1) is 16.4. The molecular formula is C22H29F3N6O4. The van der Waals surface area contributed by atoms with E-state index in [1.807, 2.05) is 6.92 Å². The van der Waals surface area contributed by atoms with Gasteiger partial charge in [-0.1, -0.05) is 25.5 Å². The van der Waals surface area contributed by atoms with Gasteiger partial charge in [0.15, 0.2) is 5.69 Å². The van der Waals surface area contributed by atoms with Crippen LogP contribution in [0.25, 0.3) is 0 Å². The largest absolute Gasteiger partial charge is 0.418 e. The lowest BCUT2D eigenvalue weighted by Gasteiger charge is -2.25. The second kappa shape index (κ2) is 11.7. The number of likely N-dealkylation sites (N-methyl/N-ethyl adjacent to an activating group) is 2. The summed E-state index contributed by atoms with van der Waals surface area (Å²) in [5.74, 6) is -1.49. The molecule has 1 aromatic heterocycles. The number of carbonyl (C=O) groups excluding carboxylic acids is 2. The van der Waals surface area contributed by atoms with Crippen LogP contribution in [0.4, 0.5) is 30.4 Å². The average Bonchev–Trinajstić information content (AvgIpc) is 2.75. The summed E-state index contributed by atoms with van der Waals surface area (Å²) in [4.78, 5) is 54.4. The summed E-state index contributed by atoms with van der Waals surface area (Å²) in [6.07, 6.45) is -3.24. The summed E-state index contributed by atoms with van der Waals surface area (Å²) in [6.45, 7) is 3.11. The molecule has 1 heterocycles. The van der Waals surface area contributed by atoms with Crippen molar-refractivity contribution in [1.29, 1.82) is 0 Å². The average molecular weight is 499 g/mol. The van der Waals surface area contributed by atoms with Gasteiger partial charge in [0.05, 0.1) is 24.3 Å². The van der Waals surface area contributed by atoms with Crippen LogP contribution in [0, 0.1) is 0 Å². The molecule has 0 aliphatic heterocycles. The Morgan fingerprint density at radius 2 is 1.80 bits per heavy atom. The number of hydrogen-bond donors (Lipinski definition) is 3. The lowest BCUT2D eigenvalue weighted by molar-refractivity contribution is -0.137. The van der Waals surface area contributed by atoms with Crippen LogP contribution in [0.15, 0.2) is 33.9 Å². The van der Waals surface area contributed by atoms with Crippen molar-refractivity contribution in [2.45, 2.75) is 39.4 Å². The number of nitrogens with two attached hydrogens (primary N) is 1.